The zero-order valence-corrected chi connectivity index (χ0v) is 8.43. The summed E-state index contributed by atoms with van der Waals surface area (Å²) in [7, 11) is 0. The van der Waals surface area contributed by atoms with E-state index in [4.69, 9.17) is 4.42 Å². The van der Waals surface area contributed by atoms with Gasteiger partial charge in [0.15, 0.2) is 0 Å². The predicted octanol–water partition coefficient (Wildman–Crippen LogP) is -0.891. The van der Waals surface area contributed by atoms with E-state index in [-0.39, 0.29) is 11.1 Å². The van der Waals surface area contributed by atoms with Crippen LogP contribution in [0.5, 0.6) is 0 Å². The zero-order chi connectivity index (χ0) is 12.1. The summed E-state index contributed by atoms with van der Waals surface area (Å²) in [6.45, 7) is 1.33. The molecule has 0 amide bonds. The molecule has 0 atom stereocenters. The average molecular weight is 220 g/mol. The number of hydrogen-bond acceptors (Lipinski definition) is 5. The molecule has 5 nitrogen and oxygen atoms in total. The smallest absolute Gasteiger partial charge is 0.127 e. The number of furan rings is 1. The third kappa shape index (κ3) is 3.13. The Morgan fingerprint density at radius 2 is 2.06 bits per heavy atom. The van der Waals surface area contributed by atoms with E-state index < -0.39 is 11.9 Å². The minimum absolute atomic E-state index is 0.0244. The van der Waals surface area contributed by atoms with Crippen molar-refractivity contribution >= 4 is 18.0 Å². The van der Waals surface area contributed by atoms with Gasteiger partial charge < -0.3 is 24.2 Å². The molecule has 5 heteroatoms. The van der Waals surface area contributed by atoms with Gasteiger partial charge in [-0.15, -0.1) is 0 Å². The van der Waals surface area contributed by atoms with Crippen LogP contribution >= 0.6 is 0 Å². The maximum Gasteiger partial charge on any atom is 0.127 e. The number of carbonyl (C=O) groups excluding carboxylic acids is 2. The van der Waals surface area contributed by atoms with Crippen molar-refractivity contribution in [3.05, 3.63) is 41.4 Å². The van der Waals surface area contributed by atoms with Crippen molar-refractivity contribution in [3.8, 4) is 0 Å². The van der Waals surface area contributed by atoms with E-state index in [2.05, 4.69) is 0 Å². The molecule has 0 aromatic carbocycles. The molecule has 0 bridgehead atoms. The Morgan fingerprint density at radius 3 is 2.50 bits per heavy atom. The van der Waals surface area contributed by atoms with E-state index in [1.807, 2.05) is 0 Å². The molecule has 0 fully saturated rings. The largest absolute Gasteiger partial charge is 0.545 e. The minimum Gasteiger partial charge on any atom is -0.545 e. The van der Waals surface area contributed by atoms with E-state index >= 15 is 0 Å². The Balaban J connectivity index is 3.10. The van der Waals surface area contributed by atoms with Crippen LogP contribution in [0.15, 0.2) is 40.0 Å². The molecule has 0 saturated heterocycles. The number of rotatable bonds is 4. The third-order valence-electron chi connectivity index (χ3n) is 1.81. The van der Waals surface area contributed by atoms with Crippen LogP contribution in [0.2, 0.25) is 0 Å². The van der Waals surface area contributed by atoms with Crippen molar-refractivity contribution in [1.82, 2.24) is 0 Å². The van der Waals surface area contributed by atoms with Gasteiger partial charge in [0, 0.05) is 5.57 Å². The summed E-state index contributed by atoms with van der Waals surface area (Å²) in [6, 6.07) is 3.12. The first-order valence-corrected chi connectivity index (χ1v) is 4.37. The molecule has 1 heterocycles. The van der Waals surface area contributed by atoms with Crippen molar-refractivity contribution in [3.63, 3.8) is 0 Å². The summed E-state index contributed by atoms with van der Waals surface area (Å²) >= 11 is 0. The van der Waals surface area contributed by atoms with E-state index in [1.165, 1.54) is 25.3 Å². The molecule has 1 rings (SSSR count). The van der Waals surface area contributed by atoms with Gasteiger partial charge in [-0.25, -0.2) is 0 Å². The van der Waals surface area contributed by atoms with Crippen LogP contribution in [-0.2, 0) is 9.59 Å². The van der Waals surface area contributed by atoms with Crippen molar-refractivity contribution in [2.75, 3.05) is 0 Å². The monoisotopic (exact) mass is 220 g/mol. The van der Waals surface area contributed by atoms with Gasteiger partial charge in [-0.2, -0.15) is 0 Å². The summed E-state index contributed by atoms with van der Waals surface area (Å²) < 4.78 is 4.91. The van der Waals surface area contributed by atoms with Crippen molar-refractivity contribution in [1.29, 1.82) is 0 Å². The Hall–Kier alpha value is -2.30. The third-order valence-corrected chi connectivity index (χ3v) is 1.81. The summed E-state index contributed by atoms with van der Waals surface area (Å²) in [5.41, 5.74) is -0.240. The normalized spacial score (nSPS) is 12.6. The Kier molecular flexibility index (Phi) is 3.66. The van der Waals surface area contributed by atoms with Crippen LogP contribution in [0.3, 0.4) is 0 Å². The minimum atomic E-state index is -1.48. The first-order chi connectivity index (χ1) is 7.50. The Bertz CT molecular complexity index is 451. The SMILES string of the molecule is CC(=C\C(=O)[O-])/C(=C/c1ccco1)C(=O)[O-]. The van der Waals surface area contributed by atoms with Gasteiger partial charge in [0.05, 0.1) is 18.2 Å². The maximum absolute atomic E-state index is 10.8. The topological polar surface area (TPSA) is 93.4 Å². The lowest BCUT2D eigenvalue weighted by atomic mass is 10.1. The zero-order valence-electron chi connectivity index (χ0n) is 8.43. The lowest BCUT2D eigenvalue weighted by Gasteiger charge is -2.09. The van der Waals surface area contributed by atoms with Crippen LogP contribution in [0.4, 0.5) is 0 Å². The summed E-state index contributed by atoms with van der Waals surface area (Å²) in [5, 5.41) is 21.1. The number of carboxylic acids is 2. The Morgan fingerprint density at radius 1 is 1.38 bits per heavy atom. The summed E-state index contributed by atoms with van der Waals surface area (Å²) in [4.78, 5) is 21.1. The van der Waals surface area contributed by atoms with Crippen molar-refractivity contribution in [2.24, 2.45) is 0 Å². The fourth-order valence-electron chi connectivity index (χ4n) is 1.10. The number of hydrogen-bond donors (Lipinski definition) is 0. The van der Waals surface area contributed by atoms with Gasteiger partial charge in [0.25, 0.3) is 0 Å². The summed E-state index contributed by atoms with van der Waals surface area (Å²) in [6.07, 6.45) is 3.24. The first-order valence-electron chi connectivity index (χ1n) is 4.37. The second kappa shape index (κ2) is 4.97. The second-order valence-electron chi connectivity index (χ2n) is 3.01. The van der Waals surface area contributed by atoms with Gasteiger partial charge in [0.2, 0.25) is 0 Å². The fraction of sp³-hybridized carbons (Fsp3) is 0.0909. The molecule has 0 aliphatic carbocycles. The molecule has 1 aromatic rings. The number of aliphatic carboxylic acids is 2. The molecule has 0 aliphatic heterocycles. The van der Waals surface area contributed by atoms with Crippen LogP contribution in [0, 0.1) is 0 Å². The van der Waals surface area contributed by atoms with Crippen LogP contribution < -0.4 is 10.2 Å². The molecule has 0 saturated carbocycles. The lowest BCUT2D eigenvalue weighted by molar-refractivity contribution is -0.298. The van der Waals surface area contributed by atoms with Gasteiger partial charge in [-0.05, 0) is 36.8 Å². The van der Waals surface area contributed by atoms with E-state index in [0.29, 0.717) is 11.8 Å². The highest BCUT2D eigenvalue weighted by molar-refractivity contribution is 5.97. The Labute approximate surface area is 91.3 Å². The molecule has 84 valence electrons. The quantitative estimate of drug-likeness (QED) is 0.484. The number of carbonyl (C=O) groups is 2. The molecule has 0 aliphatic rings. The average Bonchev–Trinajstić information content (AvgIpc) is 2.64. The number of carboxylic acid groups (broad SMARTS) is 2. The lowest BCUT2D eigenvalue weighted by Crippen LogP contribution is -2.26. The fourth-order valence-corrected chi connectivity index (χ4v) is 1.10. The highest BCUT2D eigenvalue weighted by atomic mass is 16.4. The van der Waals surface area contributed by atoms with E-state index in [9.17, 15) is 19.8 Å². The van der Waals surface area contributed by atoms with Crippen LogP contribution in [-0.4, -0.2) is 11.9 Å². The van der Waals surface area contributed by atoms with E-state index in [1.54, 1.807) is 6.07 Å². The van der Waals surface area contributed by atoms with E-state index in [0.717, 1.165) is 0 Å². The maximum atomic E-state index is 10.8. The highest BCUT2D eigenvalue weighted by Gasteiger charge is 2.03. The van der Waals surface area contributed by atoms with Gasteiger partial charge in [-0.3, -0.25) is 0 Å². The standard InChI is InChI=1S/C11H10O5/c1-7(5-10(12)13)9(11(14)15)6-8-3-2-4-16-8/h2-6H,1H3,(H,12,13)(H,14,15)/p-2/b7-5+,9-6-. The predicted molar refractivity (Wildman–Crippen MR) is 50.5 cm³/mol. The molecule has 0 N–H and O–H groups in total. The molecule has 0 spiro atoms. The molecule has 0 unspecified atom stereocenters. The van der Waals surface area contributed by atoms with Crippen molar-refractivity contribution < 1.29 is 24.2 Å². The molecule has 0 radical (unpaired) electrons. The highest BCUT2D eigenvalue weighted by Crippen LogP contribution is 2.14. The summed E-state index contributed by atoms with van der Waals surface area (Å²) in [5.74, 6) is -2.65. The second-order valence-corrected chi connectivity index (χ2v) is 3.01. The van der Waals surface area contributed by atoms with Gasteiger partial charge in [-0.1, -0.05) is 0 Å². The van der Waals surface area contributed by atoms with Gasteiger partial charge in [0.1, 0.15) is 5.76 Å². The molecule has 1 aromatic heterocycles. The first kappa shape index (κ1) is 11.8. The molecular weight excluding hydrogens is 212 g/mol. The molecular formula is C11H8O5-2. The van der Waals surface area contributed by atoms with Gasteiger partial charge >= 0.3 is 0 Å². The molecule has 16 heavy (non-hydrogen) atoms. The van der Waals surface area contributed by atoms with Crippen molar-refractivity contribution in [2.45, 2.75) is 6.92 Å². The van der Waals surface area contributed by atoms with Crippen LogP contribution in [0.25, 0.3) is 6.08 Å². The van der Waals surface area contributed by atoms with Crippen LogP contribution in [0.1, 0.15) is 12.7 Å².